The Balaban J connectivity index is 3.49. The molecule has 0 unspecified atom stereocenters. The monoisotopic (exact) mass is 191 g/mol. The first-order chi connectivity index (χ1) is 5.72. The van der Waals surface area contributed by atoms with Crippen molar-refractivity contribution >= 4 is 11.8 Å². The summed E-state index contributed by atoms with van der Waals surface area (Å²) < 4.78 is 0. The Hall–Kier alpha value is 0.270. The summed E-state index contributed by atoms with van der Waals surface area (Å²) in [6.45, 7) is 6.55. The van der Waals surface area contributed by atoms with E-state index >= 15 is 0 Å². The van der Waals surface area contributed by atoms with Crippen molar-refractivity contribution in [2.75, 3.05) is 31.7 Å². The van der Waals surface area contributed by atoms with Gasteiger partial charge in [0.1, 0.15) is 0 Å². The lowest BCUT2D eigenvalue weighted by atomic mass is 10.3. The van der Waals surface area contributed by atoms with Crippen molar-refractivity contribution in [2.45, 2.75) is 26.3 Å². The van der Waals surface area contributed by atoms with Crippen molar-refractivity contribution in [1.82, 2.24) is 4.90 Å². The Kier molecular flexibility index (Phi) is 8.07. The van der Waals surface area contributed by atoms with Gasteiger partial charge in [0.05, 0.1) is 6.61 Å². The highest BCUT2D eigenvalue weighted by Crippen LogP contribution is 2.02. The summed E-state index contributed by atoms with van der Waals surface area (Å²) in [5, 5.41) is 8.80. The summed E-state index contributed by atoms with van der Waals surface area (Å²) in [5.74, 6) is 1.22. The molecule has 0 aliphatic rings. The van der Waals surface area contributed by atoms with Crippen LogP contribution in [0.4, 0.5) is 0 Å². The van der Waals surface area contributed by atoms with Gasteiger partial charge in [0.2, 0.25) is 0 Å². The maximum Gasteiger partial charge on any atom is 0.0558 e. The van der Waals surface area contributed by atoms with Gasteiger partial charge >= 0.3 is 0 Å². The Labute approximate surface area is 80.3 Å². The standard InChI is InChI=1S/C9H21NOS/c1-9(2)10(6-7-11)5-4-8-12-3/h9,11H,4-8H2,1-3H3. The van der Waals surface area contributed by atoms with Crippen LogP contribution in [0, 0.1) is 0 Å². The summed E-state index contributed by atoms with van der Waals surface area (Å²) in [6, 6.07) is 0.555. The second-order valence-electron chi connectivity index (χ2n) is 3.20. The van der Waals surface area contributed by atoms with Crippen molar-refractivity contribution in [2.24, 2.45) is 0 Å². The highest BCUT2D eigenvalue weighted by Gasteiger charge is 2.06. The number of aliphatic hydroxyl groups is 1. The summed E-state index contributed by atoms with van der Waals surface area (Å²) >= 11 is 1.88. The Bertz CT molecular complexity index is 98.5. The summed E-state index contributed by atoms with van der Waals surface area (Å²) in [6.07, 6.45) is 3.35. The maximum absolute atomic E-state index is 8.80. The molecule has 12 heavy (non-hydrogen) atoms. The second kappa shape index (κ2) is 7.90. The van der Waals surface area contributed by atoms with Gasteiger partial charge in [0.25, 0.3) is 0 Å². The van der Waals surface area contributed by atoms with Gasteiger partial charge in [-0.15, -0.1) is 0 Å². The number of rotatable bonds is 7. The molecule has 74 valence electrons. The highest BCUT2D eigenvalue weighted by molar-refractivity contribution is 7.98. The van der Waals surface area contributed by atoms with Gasteiger partial charge in [-0.25, -0.2) is 0 Å². The first kappa shape index (κ1) is 12.3. The van der Waals surface area contributed by atoms with Crippen LogP contribution < -0.4 is 0 Å². The Morgan fingerprint density at radius 1 is 1.33 bits per heavy atom. The molecule has 0 aromatic rings. The van der Waals surface area contributed by atoms with Crippen LogP contribution in [-0.2, 0) is 0 Å². The summed E-state index contributed by atoms with van der Waals surface area (Å²) in [7, 11) is 0. The quantitative estimate of drug-likeness (QED) is 0.616. The third-order valence-electron chi connectivity index (χ3n) is 1.91. The highest BCUT2D eigenvalue weighted by atomic mass is 32.2. The summed E-state index contributed by atoms with van der Waals surface area (Å²) in [5.41, 5.74) is 0. The van der Waals surface area contributed by atoms with Crippen LogP contribution in [0.15, 0.2) is 0 Å². The van der Waals surface area contributed by atoms with Crippen molar-refractivity contribution in [1.29, 1.82) is 0 Å². The molecule has 0 atom stereocenters. The van der Waals surface area contributed by atoms with E-state index in [4.69, 9.17) is 5.11 Å². The first-order valence-corrected chi connectivity index (χ1v) is 5.95. The van der Waals surface area contributed by atoms with Crippen molar-refractivity contribution < 1.29 is 5.11 Å². The van der Waals surface area contributed by atoms with E-state index in [0.717, 1.165) is 13.1 Å². The second-order valence-corrected chi connectivity index (χ2v) is 4.19. The predicted molar refractivity (Wildman–Crippen MR) is 56.8 cm³/mol. The third kappa shape index (κ3) is 5.86. The molecule has 1 N–H and O–H groups in total. The fourth-order valence-corrected chi connectivity index (χ4v) is 1.59. The number of nitrogens with zero attached hydrogens (tertiary/aromatic N) is 1. The average Bonchev–Trinajstić information content (AvgIpc) is 2.03. The van der Waals surface area contributed by atoms with Gasteiger partial charge < -0.3 is 5.11 Å². The largest absolute Gasteiger partial charge is 0.395 e. The number of hydrogen-bond donors (Lipinski definition) is 1. The smallest absolute Gasteiger partial charge is 0.0558 e. The lowest BCUT2D eigenvalue weighted by Crippen LogP contribution is -2.34. The molecule has 0 amide bonds. The van der Waals surface area contributed by atoms with E-state index < -0.39 is 0 Å². The first-order valence-electron chi connectivity index (χ1n) is 4.56. The number of hydrogen-bond acceptors (Lipinski definition) is 3. The summed E-state index contributed by atoms with van der Waals surface area (Å²) in [4.78, 5) is 2.32. The molecule has 0 aromatic carbocycles. The van der Waals surface area contributed by atoms with Gasteiger partial charge in [-0.05, 0) is 38.8 Å². The molecule has 0 fully saturated rings. The van der Waals surface area contributed by atoms with Gasteiger partial charge in [-0.3, -0.25) is 4.90 Å². The van der Waals surface area contributed by atoms with Crippen LogP contribution in [-0.4, -0.2) is 47.8 Å². The normalized spacial score (nSPS) is 11.5. The zero-order valence-corrected chi connectivity index (χ0v) is 9.23. The third-order valence-corrected chi connectivity index (χ3v) is 2.61. The minimum absolute atomic E-state index is 0.275. The van der Waals surface area contributed by atoms with Gasteiger partial charge in [-0.1, -0.05) is 0 Å². The average molecular weight is 191 g/mol. The molecule has 0 radical (unpaired) electrons. The van der Waals surface area contributed by atoms with E-state index in [1.165, 1.54) is 12.2 Å². The SMILES string of the molecule is CSCCCN(CCO)C(C)C. The van der Waals surface area contributed by atoms with Crippen LogP contribution in [0.2, 0.25) is 0 Å². The van der Waals surface area contributed by atoms with Crippen LogP contribution >= 0.6 is 11.8 Å². The molecule has 0 aliphatic carbocycles. The zero-order chi connectivity index (χ0) is 9.40. The molecule has 3 heteroatoms. The van der Waals surface area contributed by atoms with Crippen LogP contribution in [0.1, 0.15) is 20.3 Å². The predicted octanol–water partition coefficient (Wildman–Crippen LogP) is 1.44. The van der Waals surface area contributed by atoms with E-state index in [2.05, 4.69) is 25.0 Å². The van der Waals surface area contributed by atoms with Crippen molar-refractivity contribution in [3.05, 3.63) is 0 Å². The lowest BCUT2D eigenvalue weighted by Gasteiger charge is -2.25. The van der Waals surface area contributed by atoms with E-state index in [1.54, 1.807) is 0 Å². The molecule has 0 bridgehead atoms. The van der Waals surface area contributed by atoms with E-state index in [-0.39, 0.29) is 6.61 Å². The molecule has 0 aliphatic heterocycles. The van der Waals surface area contributed by atoms with Crippen molar-refractivity contribution in [3.8, 4) is 0 Å². The molecular weight excluding hydrogens is 170 g/mol. The fourth-order valence-electron chi connectivity index (χ4n) is 1.17. The van der Waals surface area contributed by atoms with Crippen LogP contribution in [0.3, 0.4) is 0 Å². The Morgan fingerprint density at radius 2 is 2.00 bits per heavy atom. The molecule has 0 heterocycles. The Morgan fingerprint density at radius 3 is 2.42 bits per heavy atom. The maximum atomic E-state index is 8.80. The molecule has 0 spiro atoms. The van der Waals surface area contributed by atoms with E-state index in [0.29, 0.717) is 6.04 Å². The molecule has 0 rings (SSSR count). The molecule has 0 saturated carbocycles. The number of aliphatic hydroxyl groups excluding tert-OH is 1. The molecular formula is C9H21NOS. The molecule has 0 aromatic heterocycles. The molecule has 0 saturated heterocycles. The zero-order valence-electron chi connectivity index (χ0n) is 8.42. The van der Waals surface area contributed by atoms with E-state index in [1.807, 2.05) is 11.8 Å². The van der Waals surface area contributed by atoms with Gasteiger partial charge in [-0.2, -0.15) is 11.8 Å². The topological polar surface area (TPSA) is 23.5 Å². The van der Waals surface area contributed by atoms with Gasteiger partial charge in [0, 0.05) is 12.6 Å². The van der Waals surface area contributed by atoms with Gasteiger partial charge in [0.15, 0.2) is 0 Å². The van der Waals surface area contributed by atoms with E-state index in [9.17, 15) is 0 Å². The van der Waals surface area contributed by atoms with Crippen LogP contribution in [0.25, 0.3) is 0 Å². The minimum atomic E-state index is 0.275. The number of thioether (sulfide) groups is 1. The van der Waals surface area contributed by atoms with Crippen LogP contribution in [0.5, 0.6) is 0 Å². The minimum Gasteiger partial charge on any atom is -0.395 e. The molecule has 2 nitrogen and oxygen atoms in total. The lowest BCUT2D eigenvalue weighted by molar-refractivity contribution is 0.166. The fraction of sp³-hybridized carbons (Fsp3) is 1.00. The van der Waals surface area contributed by atoms with Crippen molar-refractivity contribution in [3.63, 3.8) is 0 Å².